The molecule has 1 aromatic carbocycles. The van der Waals surface area contributed by atoms with E-state index < -0.39 is 0 Å². The van der Waals surface area contributed by atoms with Gasteiger partial charge in [0, 0.05) is 38.6 Å². The van der Waals surface area contributed by atoms with Gasteiger partial charge in [0.15, 0.2) is 5.16 Å². The van der Waals surface area contributed by atoms with Gasteiger partial charge in [-0.1, -0.05) is 42.1 Å². The third-order valence-corrected chi connectivity index (χ3v) is 6.30. The topological polar surface area (TPSA) is 72.3 Å². The molecule has 1 N–H and O–H groups in total. The summed E-state index contributed by atoms with van der Waals surface area (Å²) < 4.78 is 7.98. The number of carbonyl (C=O) groups excluding carboxylic acids is 1. The number of rotatable bonds is 9. The fourth-order valence-corrected chi connectivity index (χ4v) is 4.48. The Balaban J connectivity index is 1.20. The molecule has 7 nitrogen and oxygen atoms in total. The quantitative estimate of drug-likeness (QED) is 0.634. The highest BCUT2D eigenvalue weighted by Gasteiger charge is 2.30. The first kappa shape index (κ1) is 20.4. The van der Waals surface area contributed by atoms with Gasteiger partial charge in [-0.25, -0.2) is 0 Å². The van der Waals surface area contributed by atoms with Crippen LogP contribution in [0.4, 0.5) is 0 Å². The maximum Gasteiger partial charge on any atom is 0.230 e. The van der Waals surface area contributed by atoms with Crippen LogP contribution in [0.25, 0.3) is 0 Å². The molecule has 1 aliphatic heterocycles. The van der Waals surface area contributed by atoms with Crippen molar-refractivity contribution >= 4 is 17.7 Å². The lowest BCUT2D eigenvalue weighted by molar-refractivity contribution is -0.119. The molecule has 1 aliphatic carbocycles. The zero-order valence-corrected chi connectivity index (χ0v) is 17.7. The van der Waals surface area contributed by atoms with E-state index in [2.05, 4.69) is 56.2 Å². The molecule has 8 heteroatoms. The number of hydrogen-bond acceptors (Lipinski definition) is 6. The standard InChI is InChI=1S/C21H29N5O2S/c1-2-26-20(17-8-9-17)23-24-21(26)29-15-19(27)22-12-18-14-25(10-11-28-18)13-16-6-4-3-5-7-16/h3-7,17-18H,2,8-15H2,1H3,(H,22,27). The second kappa shape index (κ2) is 9.73. The second-order valence-electron chi connectivity index (χ2n) is 7.67. The van der Waals surface area contributed by atoms with Crippen LogP contribution in [0, 0.1) is 0 Å². The molecule has 1 atom stereocenters. The van der Waals surface area contributed by atoms with E-state index in [0.717, 1.165) is 37.2 Å². The first-order valence-corrected chi connectivity index (χ1v) is 11.4. The van der Waals surface area contributed by atoms with E-state index in [1.54, 1.807) is 0 Å². The van der Waals surface area contributed by atoms with E-state index in [4.69, 9.17) is 4.74 Å². The van der Waals surface area contributed by atoms with Gasteiger partial charge in [-0.3, -0.25) is 9.69 Å². The van der Waals surface area contributed by atoms with Crippen molar-refractivity contribution in [1.29, 1.82) is 0 Å². The highest BCUT2D eigenvalue weighted by atomic mass is 32.2. The molecule has 0 bridgehead atoms. The van der Waals surface area contributed by atoms with E-state index in [9.17, 15) is 4.79 Å². The number of hydrogen-bond donors (Lipinski definition) is 1. The number of nitrogens with one attached hydrogen (secondary N) is 1. The molecule has 4 rings (SSSR count). The molecule has 29 heavy (non-hydrogen) atoms. The van der Waals surface area contributed by atoms with Gasteiger partial charge in [-0.2, -0.15) is 0 Å². The van der Waals surface area contributed by atoms with Gasteiger partial charge < -0.3 is 14.6 Å². The van der Waals surface area contributed by atoms with Crippen LogP contribution in [0.2, 0.25) is 0 Å². The van der Waals surface area contributed by atoms with Crippen molar-refractivity contribution in [3.8, 4) is 0 Å². The van der Waals surface area contributed by atoms with E-state index in [1.807, 2.05) is 6.07 Å². The van der Waals surface area contributed by atoms with Gasteiger partial charge in [0.2, 0.25) is 5.91 Å². The summed E-state index contributed by atoms with van der Waals surface area (Å²) in [7, 11) is 0. The highest BCUT2D eigenvalue weighted by Crippen LogP contribution is 2.39. The lowest BCUT2D eigenvalue weighted by atomic mass is 10.2. The molecule has 2 aromatic rings. The molecular weight excluding hydrogens is 386 g/mol. The van der Waals surface area contributed by atoms with Crippen molar-refractivity contribution in [2.45, 2.75) is 50.0 Å². The fourth-order valence-electron chi connectivity index (χ4n) is 3.65. The summed E-state index contributed by atoms with van der Waals surface area (Å²) in [6, 6.07) is 10.5. The smallest absolute Gasteiger partial charge is 0.230 e. The van der Waals surface area contributed by atoms with Gasteiger partial charge in [-0.05, 0) is 25.3 Å². The maximum absolute atomic E-state index is 12.3. The van der Waals surface area contributed by atoms with Crippen LogP contribution in [-0.2, 0) is 22.6 Å². The first-order chi connectivity index (χ1) is 14.2. The summed E-state index contributed by atoms with van der Waals surface area (Å²) in [6.07, 6.45) is 2.43. The van der Waals surface area contributed by atoms with Crippen molar-refractivity contribution < 1.29 is 9.53 Å². The maximum atomic E-state index is 12.3. The predicted octanol–water partition coefficient (Wildman–Crippen LogP) is 2.28. The number of ether oxygens (including phenoxy) is 1. The Labute approximate surface area is 176 Å². The Hall–Kier alpha value is -1.90. The van der Waals surface area contributed by atoms with Crippen LogP contribution in [-0.4, -0.2) is 63.7 Å². The van der Waals surface area contributed by atoms with Crippen molar-refractivity contribution in [2.75, 3.05) is 32.0 Å². The SMILES string of the molecule is CCn1c(SCC(=O)NCC2CN(Cc3ccccc3)CCO2)nnc1C1CC1. The summed E-state index contributed by atoms with van der Waals surface area (Å²) in [6.45, 7) is 6.85. The molecule has 1 saturated carbocycles. The van der Waals surface area contributed by atoms with Crippen LogP contribution in [0.1, 0.15) is 37.1 Å². The highest BCUT2D eigenvalue weighted by molar-refractivity contribution is 7.99. The molecule has 2 aliphatic rings. The Morgan fingerprint density at radius 1 is 1.28 bits per heavy atom. The Morgan fingerprint density at radius 3 is 2.86 bits per heavy atom. The molecular formula is C21H29N5O2S. The average Bonchev–Trinajstić information content (AvgIpc) is 3.51. The van der Waals surface area contributed by atoms with E-state index in [-0.39, 0.29) is 12.0 Å². The third-order valence-electron chi connectivity index (χ3n) is 5.34. The minimum atomic E-state index is 0.0115. The number of carbonyl (C=O) groups is 1. The number of nitrogens with zero attached hydrogens (tertiary/aromatic N) is 4. The summed E-state index contributed by atoms with van der Waals surface area (Å²) in [4.78, 5) is 14.7. The van der Waals surface area contributed by atoms with Gasteiger partial charge in [-0.15, -0.1) is 10.2 Å². The normalized spacial score (nSPS) is 20.0. The zero-order chi connectivity index (χ0) is 20.1. The minimum Gasteiger partial charge on any atom is -0.374 e. The molecule has 1 aromatic heterocycles. The van der Waals surface area contributed by atoms with E-state index in [1.165, 1.54) is 30.2 Å². The lowest BCUT2D eigenvalue weighted by Crippen LogP contribution is -2.47. The second-order valence-corrected chi connectivity index (χ2v) is 8.61. The molecule has 1 amide bonds. The van der Waals surface area contributed by atoms with Crippen LogP contribution in [0.3, 0.4) is 0 Å². The number of morpholine rings is 1. The molecule has 1 saturated heterocycles. The van der Waals surface area contributed by atoms with E-state index >= 15 is 0 Å². The molecule has 2 fully saturated rings. The van der Waals surface area contributed by atoms with E-state index in [0.29, 0.717) is 24.8 Å². The third kappa shape index (κ3) is 5.58. The van der Waals surface area contributed by atoms with Crippen LogP contribution in [0.5, 0.6) is 0 Å². The minimum absolute atomic E-state index is 0.0115. The van der Waals surface area contributed by atoms with Gasteiger partial charge in [0.25, 0.3) is 0 Å². The fraction of sp³-hybridized carbons (Fsp3) is 0.571. The van der Waals surface area contributed by atoms with Crippen molar-refractivity contribution in [1.82, 2.24) is 25.0 Å². The Kier molecular flexibility index (Phi) is 6.84. The largest absolute Gasteiger partial charge is 0.374 e. The average molecular weight is 416 g/mol. The van der Waals surface area contributed by atoms with Crippen LogP contribution in [0.15, 0.2) is 35.5 Å². The van der Waals surface area contributed by atoms with Gasteiger partial charge in [0.1, 0.15) is 5.82 Å². The molecule has 0 spiro atoms. The van der Waals surface area contributed by atoms with Crippen LogP contribution >= 0.6 is 11.8 Å². The lowest BCUT2D eigenvalue weighted by Gasteiger charge is -2.33. The summed E-state index contributed by atoms with van der Waals surface area (Å²) >= 11 is 1.46. The summed E-state index contributed by atoms with van der Waals surface area (Å²) in [5.41, 5.74) is 1.30. The number of aromatic nitrogens is 3. The first-order valence-electron chi connectivity index (χ1n) is 10.4. The summed E-state index contributed by atoms with van der Waals surface area (Å²) in [5.74, 6) is 2.00. The monoisotopic (exact) mass is 415 g/mol. The Morgan fingerprint density at radius 2 is 2.10 bits per heavy atom. The number of amides is 1. The van der Waals surface area contributed by atoms with Crippen molar-refractivity contribution in [2.24, 2.45) is 0 Å². The Bertz CT molecular complexity index is 809. The van der Waals surface area contributed by atoms with Crippen LogP contribution < -0.4 is 5.32 Å². The molecule has 0 radical (unpaired) electrons. The van der Waals surface area contributed by atoms with Gasteiger partial charge >= 0.3 is 0 Å². The molecule has 2 heterocycles. The number of thioether (sulfide) groups is 1. The van der Waals surface area contributed by atoms with Crippen molar-refractivity contribution in [3.63, 3.8) is 0 Å². The molecule has 1 unspecified atom stereocenters. The zero-order valence-electron chi connectivity index (χ0n) is 16.9. The van der Waals surface area contributed by atoms with Crippen molar-refractivity contribution in [3.05, 3.63) is 41.7 Å². The summed E-state index contributed by atoms with van der Waals surface area (Å²) in [5, 5.41) is 12.5. The number of benzene rings is 1. The van der Waals surface area contributed by atoms with Gasteiger partial charge in [0.05, 0.1) is 18.5 Å². The predicted molar refractivity (Wildman–Crippen MR) is 113 cm³/mol. The molecule has 156 valence electrons.